The van der Waals surface area contributed by atoms with Gasteiger partial charge in [0.1, 0.15) is 0 Å². The zero-order valence-electron chi connectivity index (χ0n) is 18.5. The number of methoxy groups -OCH3 is 1. The van der Waals surface area contributed by atoms with Gasteiger partial charge in [0.2, 0.25) is 0 Å². The Kier molecular flexibility index (Phi) is 15.0. The van der Waals surface area contributed by atoms with Gasteiger partial charge in [-0.1, -0.05) is 33.6 Å². The van der Waals surface area contributed by atoms with Gasteiger partial charge >= 0.3 is 5.97 Å². The predicted octanol–water partition coefficient (Wildman–Crippen LogP) is 4.12. The van der Waals surface area contributed by atoms with Gasteiger partial charge < -0.3 is 20.1 Å². The van der Waals surface area contributed by atoms with E-state index in [1.165, 1.54) is 13.5 Å². The van der Waals surface area contributed by atoms with Gasteiger partial charge in [0, 0.05) is 38.6 Å². The number of carbonyl (C=O) groups is 1. The van der Waals surface area contributed by atoms with E-state index in [0.29, 0.717) is 12.3 Å². The molecule has 166 valence electrons. The molecule has 0 aromatic heterocycles. The normalized spacial score (nSPS) is 20.2. The van der Waals surface area contributed by atoms with E-state index >= 15 is 0 Å². The van der Waals surface area contributed by atoms with Crippen LogP contribution in [0.5, 0.6) is 0 Å². The Morgan fingerprint density at radius 1 is 1.18 bits per heavy atom. The van der Waals surface area contributed by atoms with Crippen LogP contribution in [0.4, 0.5) is 0 Å². The van der Waals surface area contributed by atoms with Crippen LogP contribution in [0, 0.1) is 11.3 Å². The molecule has 6 nitrogen and oxygen atoms in total. The van der Waals surface area contributed by atoms with Gasteiger partial charge in [-0.25, -0.2) is 0 Å². The highest BCUT2D eigenvalue weighted by Gasteiger charge is 2.35. The zero-order valence-corrected chi connectivity index (χ0v) is 20.8. The van der Waals surface area contributed by atoms with Crippen LogP contribution in [0.25, 0.3) is 0 Å². The van der Waals surface area contributed by atoms with E-state index in [1.807, 2.05) is 0 Å². The Morgan fingerprint density at radius 2 is 1.89 bits per heavy atom. The lowest BCUT2D eigenvalue weighted by Gasteiger charge is -2.39. The van der Waals surface area contributed by atoms with Gasteiger partial charge in [-0.2, -0.15) is 0 Å². The summed E-state index contributed by atoms with van der Waals surface area (Å²) in [6.45, 7) is 12.3. The third-order valence-electron chi connectivity index (χ3n) is 4.95. The minimum absolute atomic E-state index is 0. The molecule has 0 aromatic carbocycles. The van der Waals surface area contributed by atoms with Crippen molar-refractivity contribution in [3.8, 4) is 0 Å². The Hall–Kier alpha value is -0.570. The molecule has 1 aliphatic heterocycles. The predicted molar refractivity (Wildman–Crippen MR) is 126 cm³/mol. The SMILES string of the molecule is CCNC(=NCC1CCCOC1C(C)(C)C)NCCCCCCC(=O)OC.I. The summed E-state index contributed by atoms with van der Waals surface area (Å²) >= 11 is 0. The Labute approximate surface area is 189 Å². The molecule has 1 saturated heterocycles. The second-order valence-electron chi connectivity index (χ2n) is 8.45. The molecule has 1 rings (SSSR count). The number of unbranched alkanes of at least 4 members (excludes halogenated alkanes) is 3. The second-order valence-corrected chi connectivity index (χ2v) is 8.45. The van der Waals surface area contributed by atoms with Crippen LogP contribution in [0.15, 0.2) is 4.99 Å². The van der Waals surface area contributed by atoms with Crippen molar-refractivity contribution in [2.24, 2.45) is 16.3 Å². The Bertz CT molecular complexity index is 453. The van der Waals surface area contributed by atoms with Gasteiger partial charge in [0.05, 0.1) is 13.2 Å². The number of carbonyl (C=O) groups excluding carboxylic acids is 1. The molecule has 0 aliphatic carbocycles. The molecule has 1 heterocycles. The standard InChI is InChI=1S/C21H41N3O3.HI/c1-6-22-20(23-14-10-8-7-9-13-18(25)26-5)24-16-17-12-11-15-27-19(17)21(2,3)4;/h17,19H,6-16H2,1-5H3,(H2,22,23,24);1H. The molecule has 1 aliphatic rings. The fourth-order valence-electron chi connectivity index (χ4n) is 3.59. The topological polar surface area (TPSA) is 72.0 Å². The third-order valence-corrected chi connectivity index (χ3v) is 4.95. The summed E-state index contributed by atoms with van der Waals surface area (Å²) in [5, 5.41) is 6.77. The summed E-state index contributed by atoms with van der Waals surface area (Å²) in [5.74, 6) is 1.26. The van der Waals surface area contributed by atoms with Crippen molar-refractivity contribution in [1.29, 1.82) is 0 Å². The summed E-state index contributed by atoms with van der Waals surface area (Å²) in [4.78, 5) is 15.9. The largest absolute Gasteiger partial charge is 0.469 e. The average molecular weight is 511 g/mol. The van der Waals surface area contributed by atoms with Gasteiger partial charge in [0.25, 0.3) is 0 Å². The smallest absolute Gasteiger partial charge is 0.305 e. The first kappa shape index (κ1) is 27.4. The van der Waals surface area contributed by atoms with E-state index in [0.717, 1.165) is 64.3 Å². The van der Waals surface area contributed by atoms with Crippen LogP contribution in [-0.4, -0.2) is 51.4 Å². The summed E-state index contributed by atoms with van der Waals surface area (Å²) in [5.41, 5.74) is 0.149. The van der Waals surface area contributed by atoms with E-state index < -0.39 is 0 Å². The Balaban J connectivity index is 0.00000729. The summed E-state index contributed by atoms with van der Waals surface area (Å²) < 4.78 is 10.7. The molecule has 2 atom stereocenters. The van der Waals surface area contributed by atoms with Crippen LogP contribution in [0.1, 0.15) is 72.6 Å². The number of nitrogens with zero attached hydrogens (tertiary/aromatic N) is 1. The molecular weight excluding hydrogens is 469 g/mol. The van der Waals surface area contributed by atoms with Crippen LogP contribution in [0.2, 0.25) is 0 Å². The van der Waals surface area contributed by atoms with Crippen LogP contribution in [-0.2, 0) is 14.3 Å². The monoisotopic (exact) mass is 511 g/mol. The van der Waals surface area contributed by atoms with E-state index in [2.05, 4.69) is 43.1 Å². The second kappa shape index (κ2) is 15.3. The molecule has 0 bridgehead atoms. The molecule has 28 heavy (non-hydrogen) atoms. The lowest BCUT2D eigenvalue weighted by atomic mass is 9.78. The van der Waals surface area contributed by atoms with Gasteiger partial charge in [-0.3, -0.25) is 9.79 Å². The molecule has 0 spiro atoms. The molecule has 2 unspecified atom stereocenters. The number of nitrogens with one attached hydrogen (secondary N) is 2. The van der Waals surface area contributed by atoms with E-state index in [9.17, 15) is 4.79 Å². The molecule has 0 radical (unpaired) electrons. The number of guanidine groups is 1. The molecule has 7 heteroatoms. The number of halogens is 1. The number of hydrogen-bond acceptors (Lipinski definition) is 4. The molecule has 0 amide bonds. The summed E-state index contributed by atoms with van der Waals surface area (Å²) in [7, 11) is 1.44. The van der Waals surface area contributed by atoms with Crippen LogP contribution >= 0.6 is 24.0 Å². The van der Waals surface area contributed by atoms with Crippen molar-refractivity contribution >= 4 is 35.9 Å². The maximum Gasteiger partial charge on any atom is 0.305 e. The average Bonchev–Trinajstić information content (AvgIpc) is 2.64. The molecule has 0 saturated carbocycles. The highest BCUT2D eigenvalue weighted by atomic mass is 127. The third kappa shape index (κ3) is 11.4. The van der Waals surface area contributed by atoms with Crippen molar-refractivity contribution in [3.63, 3.8) is 0 Å². The molecule has 1 fully saturated rings. The first-order valence-electron chi connectivity index (χ1n) is 10.6. The number of esters is 1. The zero-order chi connectivity index (χ0) is 20.1. The van der Waals surface area contributed by atoms with E-state index in [4.69, 9.17) is 9.73 Å². The number of hydrogen-bond donors (Lipinski definition) is 2. The quantitative estimate of drug-likeness (QED) is 0.152. The van der Waals surface area contributed by atoms with Crippen molar-refractivity contribution in [3.05, 3.63) is 0 Å². The first-order chi connectivity index (χ1) is 12.9. The summed E-state index contributed by atoms with van der Waals surface area (Å²) in [6, 6.07) is 0. The van der Waals surface area contributed by atoms with Crippen LogP contribution < -0.4 is 10.6 Å². The van der Waals surface area contributed by atoms with Crippen molar-refractivity contribution in [1.82, 2.24) is 10.6 Å². The molecule has 0 aromatic rings. The van der Waals surface area contributed by atoms with Gasteiger partial charge in [-0.05, 0) is 38.0 Å². The van der Waals surface area contributed by atoms with Gasteiger partial charge in [0.15, 0.2) is 5.96 Å². The molecular formula is C21H42IN3O3. The van der Waals surface area contributed by atoms with Crippen LogP contribution in [0.3, 0.4) is 0 Å². The minimum Gasteiger partial charge on any atom is -0.469 e. The first-order valence-corrected chi connectivity index (χ1v) is 10.6. The maximum absolute atomic E-state index is 11.1. The number of ether oxygens (including phenoxy) is 2. The highest BCUT2D eigenvalue weighted by molar-refractivity contribution is 14.0. The van der Waals surface area contributed by atoms with Crippen molar-refractivity contribution in [2.75, 3.05) is 33.4 Å². The fraction of sp³-hybridized carbons (Fsp3) is 0.905. The minimum atomic E-state index is -0.116. The van der Waals surface area contributed by atoms with E-state index in [1.54, 1.807) is 0 Å². The highest BCUT2D eigenvalue weighted by Crippen LogP contribution is 2.34. The maximum atomic E-state index is 11.1. The fourth-order valence-corrected chi connectivity index (χ4v) is 3.59. The summed E-state index contributed by atoms with van der Waals surface area (Å²) in [6.07, 6.45) is 7.23. The van der Waals surface area contributed by atoms with E-state index in [-0.39, 0.29) is 41.5 Å². The van der Waals surface area contributed by atoms with Gasteiger partial charge in [-0.15, -0.1) is 24.0 Å². The number of aliphatic imine (C=N–C) groups is 1. The van der Waals surface area contributed by atoms with Crippen molar-refractivity contribution < 1.29 is 14.3 Å². The molecule has 2 N–H and O–H groups in total. The van der Waals surface area contributed by atoms with Crippen molar-refractivity contribution in [2.45, 2.75) is 78.7 Å². The Morgan fingerprint density at radius 3 is 2.54 bits per heavy atom. The number of rotatable bonds is 10. The lowest BCUT2D eigenvalue weighted by molar-refractivity contribution is -0.140. The lowest BCUT2D eigenvalue weighted by Crippen LogP contribution is -2.42.